The van der Waals surface area contributed by atoms with Crippen LogP contribution in [0.4, 0.5) is 5.69 Å². The average Bonchev–Trinajstić information content (AvgIpc) is 3.08. The van der Waals surface area contributed by atoms with E-state index in [0.29, 0.717) is 18.6 Å². The van der Waals surface area contributed by atoms with Gasteiger partial charge in [-0.2, -0.15) is 0 Å². The zero-order valence-electron chi connectivity index (χ0n) is 17.7. The number of nitrogens with one attached hydrogen (secondary N) is 1. The standard InChI is InChI=1S/C23H28N4O2/c1-6-26(7-2)22(29)20-25-19(18-14-10-11-15-27(18)20)21(28)24-17-13-9-8-12-16(17)23(3,4)5/h8-15H,6-7H2,1-5H3,(H,24,28). The molecule has 0 bridgehead atoms. The van der Waals surface area contributed by atoms with Crippen LogP contribution >= 0.6 is 0 Å². The minimum Gasteiger partial charge on any atom is -0.337 e. The molecule has 0 fully saturated rings. The van der Waals surface area contributed by atoms with E-state index in [2.05, 4.69) is 31.1 Å². The monoisotopic (exact) mass is 392 g/mol. The van der Waals surface area contributed by atoms with Crippen LogP contribution in [-0.4, -0.2) is 39.2 Å². The number of hydrogen-bond acceptors (Lipinski definition) is 3. The molecule has 3 aromatic rings. The lowest BCUT2D eigenvalue weighted by atomic mass is 9.86. The Kier molecular flexibility index (Phi) is 5.73. The summed E-state index contributed by atoms with van der Waals surface area (Å²) in [4.78, 5) is 32.2. The fourth-order valence-electron chi connectivity index (χ4n) is 3.44. The molecular formula is C23H28N4O2. The summed E-state index contributed by atoms with van der Waals surface area (Å²) in [6.45, 7) is 11.3. The van der Waals surface area contributed by atoms with Crippen molar-refractivity contribution in [1.82, 2.24) is 14.3 Å². The van der Waals surface area contributed by atoms with Crippen LogP contribution < -0.4 is 5.32 Å². The lowest BCUT2D eigenvalue weighted by Gasteiger charge is -2.22. The molecule has 0 atom stereocenters. The third kappa shape index (κ3) is 4.01. The number of benzene rings is 1. The van der Waals surface area contributed by atoms with Crippen molar-refractivity contribution in [2.24, 2.45) is 0 Å². The van der Waals surface area contributed by atoms with Crippen LogP contribution in [0.2, 0.25) is 0 Å². The van der Waals surface area contributed by atoms with Crippen molar-refractivity contribution in [2.45, 2.75) is 40.0 Å². The summed E-state index contributed by atoms with van der Waals surface area (Å²) >= 11 is 0. The van der Waals surface area contributed by atoms with Crippen LogP contribution in [0.15, 0.2) is 48.7 Å². The van der Waals surface area contributed by atoms with Gasteiger partial charge >= 0.3 is 0 Å². The van der Waals surface area contributed by atoms with Crippen LogP contribution in [-0.2, 0) is 5.41 Å². The summed E-state index contributed by atoms with van der Waals surface area (Å²) in [5, 5.41) is 3.00. The van der Waals surface area contributed by atoms with E-state index in [1.165, 1.54) is 0 Å². The first kappa shape index (κ1) is 20.6. The summed E-state index contributed by atoms with van der Waals surface area (Å²) in [5.74, 6) is -0.270. The number of hydrogen-bond donors (Lipinski definition) is 1. The second kappa shape index (κ2) is 8.07. The molecule has 6 nitrogen and oxygen atoms in total. The number of amides is 2. The number of anilines is 1. The van der Waals surface area contributed by atoms with E-state index >= 15 is 0 Å². The second-order valence-electron chi connectivity index (χ2n) is 7.97. The van der Waals surface area contributed by atoms with E-state index in [1.54, 1.807) is 21.6 Å². The number of nitrogens with zero attached hydrogens (tertiary/aromatic N) is 3. The quantitative estimate of drug-likeness (QED) is 0.701. The summed E-state index contributed by atoms with van der Waals surface area (Å²) in [7, 11) is 0. The Bertz CT molecular complexity index is 1040. The molecule has 0 spiro atoms. The third-order valence-electron chi connectivity index (χ3n) is 4.99. The van der Waals surface area contributed by atoms with Crippen LogP contribution in [0.5, 0.6) is 0 Å². The number of fused-ring (bicyclic) bond motifs is 1. The molecule has 0 aliphatic heterocycles. The summed E-state index contributed by atoms with van der Waals surface area (Å²) in [6.07, 6.45) is 1.76. The Labute approximate surface area is 171 Å². The van der Waals surface area contributed by atoms with Gasteiger partial charge in [0, 0.05) is 25.0 Å². The fraction of sp³-hybridized carbons (Fsp3) is 0.348. The normalized spacial score (nSPS) is 11.5. The number of imidazole rings is 1. The van der Waals surface area contributed by atoms with E-state index < -0.39 is 0 Å². The first-order valence-electron chi connectivity index (χ1n) is 9.95. The molecule has 6 heteroatoms. The molecule has 2 heterocycles. The number of carbonyl (C=O) groups is 2. The summed E-state index contributed by atoms with van der Waals surface area (Å²) in [5.41, 5.74) is 2.51. The highest BCUT2D eigenvalue weighted by atomic mass is 16.2. The highest BCUT2D eigenvalue weighted by Crippen LogP contribution is 2.29. The van der Waals surface area contributed by atoms with Gasteiger partial charge in [0.25, 0.3) is 11.8 Å². The van der Waals surface area contributed by atoms with E-state index in [1.807, 2.05) is 50.2 Å². The van der Waals surface area contributed by atoms with Crippen molar-refractivity contribution in [1.29, 1.82) is 0 Å². The van der Waals surface area contributed by atoms with Crippen LogP contribution in [0.3, 0.4) is 0 Å². The number of para-hydroxylation sites is 1. The smallest absolute Gasteiger partial charge is 0.290 e. The predicted octanol–water partition coefficient (Wildman–Crippen LogP) is 4.37. The molecule has 2 aromatic heterocycles. The summed E-state index contributed by atoms with van der Waals surface area (Å²) in [6, 6.07) is 13.2. The first-order chi connectivity index (χ1) is 13.8. The average molecular weight is 393 g/mol. The lowest BCUT2D eigenvalue weighted by Crippen LogP contribution is -2.32. The second-order valence-corrected chi connectivity index (χ2v) is 7.97. The van der Waals surface area contributed by atoms with Crippen LogP contribution in [0.1, 0.15) is 61.3 Å². The number of rotatable bonds is 5. The van der Waals surface area contributed by atoms with Crippen LogP contribution in [0.25, 0.3) is 5.52 Å². The van der Waals surface area contributed by atoms with Crippen molar-refractivity contribution < 1.29 is 9.59 Å². The van der Waals surface area contributed by atoms with E-state index in [9.17, 15) is 9.59 Å². The Hall–Kier alpha value is -3.15. The molecule has 1 N–H and O–H groups in total. The molecule has 0 saturated heterocycles. The van der Waals surface area contributed by atoms with Gasteiger partial charge in [0.15, 0.2) is 5.69 Å². The minimum atomic E-state index is -0.330. The number of pyridine rings is 1. The maximum atomic E-state index is 13.1. The third-order valence-corrected chi connectivity index (χ3v) is 4.99. The molecule has 0 aliphatic carbocycles. The van der Waals surface area contributed by atoms with Crippen molar-refractivity contribution in [2.75, 3.05) is 18.4 Å². The fourth-order valence-corrected chi connectivity index (χ4v) is 3.44. The molecule has 0 unspecified atom stereocenters. The van der Waals surface area contributed by atoms with Crippen molar-refractivity contribution >= 4 is 23.0 Å². The van der Waals surface area contributed by atoms with Gasteiger partial charge in [-0.25, -0.2) is 4.98 Å². The molecule has 0 radical (unpaired) electrons. The SMILES string of the molecule is CCN(CC)C(=O)c1nc(C(=O)Nc2ccccc2C(C)(C)C)c2ccccn12. The van der Waals surface area contributed by atoms with Gasteiger partial charge < -0.3 is 10.2 Å². The molecule has 1 aromatic carbocycles. The Morgan fingerprint density at radius 1 is 1.03 bits per heavy atom. The van der Waals surface area contributed by atoms with Crippen molar-refractivity contribution in [3.05, 3.63) is 65.7 Å². The molecule has 152 valence electrons. The van der Waals surface area contributed by atoms with Gasteiger partial charge in [0.1, 0.15) is 0 Å². The van der Waals surface area contributed by atoms with Gasteiger partial charge in [-0.1, -0.05) is 45.0 Å². The van der Waals surface area contributed by atoms with Gasteiger partial charge in [0.2, 0.25) is 5.82 Å². The molecule has 29 heavy (non-hydrogen) atoms. The van der Waals surface area contributed by atoms with Crippen molar-refractivity contribution in [3.8, 4) is 0 Å². The summed E-state index contributed by atoms with van der Waals surface area (Å²) < 4.78 is 1.69. The van der Waals surface area contributed by atoms with Gasteiger partial charge in [-0.3, -0.25) is 14.0 Å². The molecule has 2 amide bonds. The van der Waals surface area contributed by atoms with Gasteiger partial charge in [0.05, 0.1) is 5.52 Å². The lowest BCUT2D eigenvalue weighted by molar-refractivity contribution is 0.0760. The zero-order valence-corrected chi connectivity index (χ0v) is 17.7. The van der Waals surface area contributed by atoms with Crippen LogP contribution in [0, 0.1) is 0 Å². The molecule has 0 saturated carbocycles. The van der Waals surface area contributed by atoms with Crippen molar-refractivity contribution in [3.63, 3.8) is 0 Å². The minimum absolute atomic E-state index is 0.121. The van der Waals surface area contributed by atoms with E-state index in [0.717, 1.165) is 11.3 Å². The van der Waals surface area contributed by atoms with E-state index in [-0.39, 0.29) is 28.7 Å². The van der Waals surface area contributed by atoms with E-state index in [4.69, 9.17) is 0 Å². The zero-order chi connectivity index (χ0) is 21.2. The Morgan fingerprint density at radius 3 is 2.34 bits per heavy atom. The van der Waals surface area contributed by atoms with Gasteiger partial charge in [-0.15, -0.1) is 0 Å². The predicted molar refractivity (Wildman–Crippen MR) is 116 cm³/mol. The first-order valence-corrected chi connectivity index (χ1v) is 9.95. The maximum Gasteiger partial charge on any atom is 0.290 e. The topological polar surface area (TPSA) is 66.7 Å². The number of carbonyl (C=O) groups excluding carboxylic acids is 2. The maximum absolute atomic E-state index is 13.1. The highest BCUT2D eigenvalue weighted by Gasteiger charge is 2.25. The molecule has 3 rings (SSSR count). The van der Waals surface area contributed by atoms with Gasteiger partial charge in [-0.05, 0) is 43.0 Å². The Balaban J connectivity index is 2.03. The molecular weight excluding hydrogens is 364 g/mol. The largest absolute Gasteiger partial charge is 0.337 e. The molecule has 0 aliphatic rings. The Morgan fingerprint density at radius 2 is 1.69 bits per heavy atom. The number of aromatic nitrogens is 2. The highest BCUT2D eigenvalue weighted by molar-refractivity contribution is 6.09.